The Morgan fingerprint density at radius 1 is 1.33 bits per heavy atom. The van der Waals surface area contributed by atoms with Crippen molar-refractivity contribution in [2.24, 2.45) is 5.92 Å². The smallest absolute Gasteiger partial charge is 0.339 e. The highest BCUT2D eigenvalue weighted by Gasteiger charge is 2.45. The number of aromatic carboxylic acids is 1. The summed E-state index contributed by atoms with van der Waals surface area (Å²) in [4.78, 5) is 25.0. The zero-order valence-corrected chi connectivity index (χ0v) is 13.5. The van der Waals surface area contributed by atoms with Gasteiger partial charge in [0.25, 0.3) is 0 Å². The van der Waals surface area contributed by atoms with Crippen LogP contribution in [0.3, 0.4) is 0 Å². The van der Waals surface area contributed by atoms with E-state index in [4.69, 9.17) is 9.52 Å². The Balaban J connectivity index is 1.63. The van der Waals surface area contributed by atoms with Crippen LogP contribution in [0.5, 0.6) is 0 Å². The quantitative estimate of drug-likeness (QED) is 0.913. The van der Waals surface area contributed by atoms with Crippen LogP contribution in [0.15, 0.2) is 34.7 Å². The Morgan fingerprint density at radius 3 is 2.58 bits per heavy atom. The number of benzene rings is 1. The van der Waals surface area contributed by atoms with E-state index in [2.05, 4.69) is 0 Å². The summed E-state index contributed by atoms with van der Waals surface area (Å²) in [6.07, 6.45) is 0.742. The van der Waals surface area contributed by atoms with Gasteiger partial charge in [0.15, 0.2) is 0 Å². The normalized spacial score (nSPS) is 19.1. The van der Waals surface area contributed by atoms with Crippen LogP contribution in [0, 0.1) is 18.7 Å². The van der Waals surface area contributed by atoms with E-state index >= 15 is 0 Å². The molecule has 0 spiro atoms. The molecule has 1 amide bonds. The van der Waals surface area contributed by atoms with Crippen molar-refractivity contribution < 1.29 is 23.5 Å². The highest BCUT2D eigenvalue weighted by atomic mass is 19.1. The molecule has 1 aromatic carbocycles. The number of aryl methyl sites for hydroxylation is 1. The lowest BCUT2D eigenvalue weighted by atomic mass is 10.1. The third-order valence-corrected chi connectivity index (χ3v) is 4.37. The van der Waals surface area contributed by atoms with Crippen molar-refractivity contribution in [3.63, 3.8) is 0 Å². The summed E-state index contributed by atoms with van der Waals surface area (Å²) in [5.74, 6) is -0.579. The number of hydrogen-bond donors (Lipinski definition) is 1. The second-order valence-corrected chi connectivity index (χ2v) is 6.18. The summed E-state index contributed by atoms with van der Waals surface area (Å²) in [5.41, 5.74) is 1.08. The number of carbonyl (C=O) groups is 2. The van der Waals surface area contributed by atoms with Gasteiger partial charge in [0.1, 0.15) is 22.9 Å². The standard InChI is InChI=1S/C18H18FNO4/c1-10-14(18(22)23)7-13(24-10)9-20(2)17(21)16-8-15(16)11-3-5-12(19)6-4-11/h3-7,15-16H,8-9H2,1-2H3,(H,22,23)/t15-,16-/m0/s1. The summed E-state index contributed by atoms with van der Waals surface area (Å²) in [6.45, 7) is 1.81. The maximum Gasteiger partial charge on any atom is 0.339 e. The number of furan rings is 1. The van der Waals surface area contributed by atoms with Crippen LogP contribution < -0.4 is 0 Å². The zero-order chi connectivity index (χ0) is 17.4. The van der Waals surface area contributed by atoms with Crippen LogP contribution in [-0.2, 0) is 11.3 Å². The number of carbonyl (C=O) groups excluding carboxylic acids is 1. The largest absolute Gasteiger partial charge is 0.478 e. The van der Waals surface area contributed by atoms with Crippen LogP contribution >= 0.6 is 0 Å². The van der Waals surface area contributed by atoms with Crippen LogP contribution in [0.4, 0.5) is 4.39 Å². The highest BCUT2D eigenvalue weighted by Crippen LogP contribution is 2.48. The Bertz CT molecular complexity index is 781. The maximum absolute atomic E-state index is 13.0. The Labute approximate surface area is 138 Å². The number of nitrogens with zero attached hydrogens (tertiary/aromatic N) is 1. The fourth-order valence-corrected chi connectivity index (χ4v) is 2.97. The zero-order valence-electron chi connectivity index (χ0n) is 13.5. The van der Waals surface area contributed by atoms with Gasteiger partial charge in [0.2, 0.25) is 5.91 Å². The molecular formula is C18H18FNO4. The van der Waals surface area contributed by atoms with Gasteiger partial charge in [0, 0.05) is 13.0 Å². The van der Waals surface area contributed by atoms with Gasteiger partial charge >= 0.3 is 5.97 Å². The number of amides is 1. The molecule has 1 aliphatic carbocycles. The average molecular weight is 331 g/mol. The first-order valence-corrected chi connectivity index (χ1v) is 7.70. The number of carboxylic acid groups (broad SMARTS) is 1. The topological polar surface area (TPSA) is 70.8 Å². The minimum absolute atomic E-state index is 0.0183. The fourth-order valence-electron chi connectivity index (χ4n) is 2.97. The molecule has 1 heterocycles. The lowest BCUT2D eigenvalue weighted by Gasteiger charge is -2.15. The second-order valence-electron chi connectivity index (χ2n) is 6.18. The van der Waals surface area contributed by atoms with E-state index in [1.165, 1.54) is 23.1 Å². The third-order valence-electron chi connectivity index (χ3n) is 4.37. The minimum atomic E-state index is -1.05. The highest BCUT2D eigenvalue weighted by molar-refractivity contribution is 5.89. The molecule has 5 nitrogen and oxygen atoms in total. The van der Waals surface area contributed by atoms with E-state index < -0.39 is 5.97 Å². The fraction of sp³-hybridized carbons (Fsp3) is 0.333. The van der Waals surface area contributed by atoms with Crippen molar-refractivity contribution in [2.75, 3.05) is 7.05 Å². The van der Waals surface area contributed by atoms with Gasteiger partial charge in [-0.25, -0.2) is 9.18 Å². The molecule has 1 aromatic heterocycles. The molecular weight excluding hydrogens is 313 g/mol. The van der Waals surface area contributed by atoms with Gasteiger partial charge in [-0.1, -0.05) is 12.1 Å². The van der Waals surface area contributed by atoms with E-state index in [-0.39, 0.29) is 35.7 Å². The molecule has 126 valence electrons. The van der Waals surface area contributed by atoms with E-state index in [0.29, 0.717) is 11.5 Å². The van der Waals surface area contributed by atoms with Gasteiger partial charge in [-0.15, -0.1) is 0 Å². The van der Waals surface area contributed by atoms with Gasteiger partial charge in [-0.05, 0) is 43.0 Å². The molecule has 2 aromatic rings. The number of carboxylic acids is 1. The SMILES string of the molecule is Cc1oc(CN(C)C(=O)[C@H]2C[C@H]2c2ccc(F)cc2)cc1C(=O)O. The molecule has 24 heavy (non-hydrogen) atoms. The first-order valence-electron chi connectivity index (χ1n) is 7.70. The third kappa shape index (κ3) is 3.18. The summed E-state index contributed by atoms with van der Waals surface area (Å²) < 4.78 is 18.4. The van der Waals surface area contributed by atoms with E-state index in [9.17, 15) is 14.0 Å². The summed E-state index contributed by atoms with van der Waals surface area (Å²) in [7, 11) is 1.67. The number of rotatable bonds is 5. The van der Waals surface area contributed by atoms with Gasteiger partial charge < -0.3 is 14.4 Å². The second kappa shape index (κ2) is 6.11. The van der Waals surface area contributed by atoms with Crippen LogP contribution in [0.25, 0.3) is 0 Å². The lowest BCUT2D eigenvalue weighted by Crippen LogP contribution is -2.27. The average Bonchev–Trinajstić information content (AvgIpc) is 3.24. The molecule has 0 unspecified atom stereocenters. The maximum atomic E-state index is 13.0. The number of hydrogen-bond acceptors (Lipinski definition) is 3. The molecule has 1 fully saturated rings. The molecule has 1 N–H and O–H groups in total. The molecule has 1 aliphatic rings. The van der Waals surface area contributed by atoms with Crippen molar-refractivity contribution >= 4 is 11.9 Å². The van der Waals surface area contributed by atoms with E-state index in [1.54, 1.807) is 26.1 Å². The van der Waals surface area contributed by atoms with Crippen molar-refractivity contribution in [3.05, 3.63) is 58.8 Å². The predicted octanol–water partition coefficient (Wildman–Crippen LogP) is 3.19. The molecule has 2 atom stereocenters. The molecule has 0 aliphatic heterocycles. The van der Waals surface area contributed by atoms with E-state index in [1.807, 2.05) is 0 Å². The van der Waals surface area contributed by atoms with Crippen molar-refractivity contribution in [1.29, 1.82) is 0 Å². The molecule has 0 bridgehead atoms. The predicted molar refractivity (Wildman–Crippen MR) is 84.1 cm³/mol. The first kappa shape index (κ1) is 16.2. The van der Waals surface area contributed by atoms with Crippen LogP contribution in [0.1, 0.15) is 39.8 Å². The molecule has 0 saturated heterocycles. The van der Waals surface area contributed by atoms with Crippen molar-refractivity contribution in [3.8, 4) is 0 Å². The van der Waals surface area contributed by atoms with Crippen molar-refractivity contribution in [1.82, 2.24) is 4.90 Å². The first-order chi connectivity index (χ1) is 11.4. The van der Waals surface area contributed by atoms with Crippen LogP contribution in [0.2, 0.25) is 0 Å². The summed E-state index contributed by atoms with van der Waals surface area (Å²) in [5, 5.41) is 9.03. The monoisotopic (exact) mass is 331 g/mol. The summed E-state index contributed by atoms with van der Waals surface area (Å²) in [6, 6.07) is 7.67. The van der Waals surface area contributed by atoms with Gasteiger partial charge in [-0.3, -0.25) is 4.79 Å². The summed E-state index contributed by atoms with van der Waals surface area (Å²) >= 11 is 0. The molecule has 6 heteroatoms. The number of halogens is 1. The van der Waals surface area contributed by atoms with Gasteiger partial charge in [0.05, 0.1) is 6.54 Å². The molecule has 3 rings (SSSR count). The molecule has 0 radical (unpaired) electrons. The van der Waals surface area contributed by atoms with Crippen molar-refractivity contribution in [2.45, 2.75) is 25.8 Å². The minimum Gasteiger partial charge on any atom is -0.478 e. The van der Waals surface area contributed by atoms with E-state index in [0.717, 1.165) is 12.0 Å². The molecule has 1 saturated carbocycles. The van der Waals surface area contributed by atoms with Crippen LogP contribution in [-0.4, -0.2) is 28.9 Å². The Morgan fingerprint density at radius 2 is 2.00 bits per heavy atom. The Hall–Kier alpha value is -2.63. The lowest BCUT2D eigenvalue weighted by molar-refractivity contribution is -0.132. The van der Waals surface area contributed by atoms with Gasteiger partial charge in [-0.2, -0.15) is 0 Å². The Kier molecular flexibility index (Phi) is 4.13.